The largest absolute Gasteiger partial charge is 0.549 e. The Hall–Kier alpha value is -2.02. The van der Waals surface area contributed by atoms with Crippen LogP contribution in [0.15, 0.2) is 33.9 Å². The number of benzene rings is 1. The summed E-state index contributed by atoms with van der Waals surface area (Å²) in [5.74, 6) is -0.158. The molecular weight excluding hydrogens is 268 g/mol. The van der Waals surface area contributed by atoms with Crippen LogP contribution in [-0.2, 0) is 11.2 Å². The van der Waals surface area contributed by atoms with E-state index in [1.807, 2.05) is 24.3 Å². The smallest absolute Gasteiger partial charge is 0.276 e. The number of rotatable bonds is 6. The molecule has 0 saturated carbocycles. The Balaban J connectivity index is 1.96. The molecule has 2 aromatic rings. The predicted molar refractivity (Wildman–Crippen MR) is 65.8 cm³/mol. The first-order chi connectivity index (χ1) is 9.17. The fraction of sp³-hybridized carbons (Fsp3) is 0.250. The number of carboxylic acids is 1. The normalized spacial score (nSPS) is 10.4. The molecule has 0 unspecified atom stereocenters. The van der Waals surface area contributed by atoms with Crippen molar-refractivity contribution in [3.05, 3.63) is 35.7 Å². The molecule has 1 heterocycles. The maximum Gasteiger partial charge on any atom is 0.276 e. The van der Waals surface area contributed by atoms with Gasteiger partial charge >= 0.3 is 0 Å². The second-order valence-electron chi connectivity index (χ2n) is 3.65. The molecule has 0 spiro atoms. The van der Waals surface area contributed by atoms with E-state index in [0.29, 0.717) is 12.3 Å². The lowest BCUT2D eigenvalue weighted by Gasteiger charge is -2.00. The Morgan fingerprint density at radius 2 is 2.11 bits per heavy atom. The fourth-order valence-electron chi connectivity index (χ4n) is 1.41. The van der Waals surface area contributed by atoms with Crippen LogP contribution in [0.4, 0.5) is 0 Å². The Morgan fingerprint density at radius 1 is 1.37 bits per heavy atom. The van der Waals surface area contributed by atoms with Crippen LogP contribution in [0, 0.1) is 0 Å². The molecule has 100 valence electrons. The van der Waals surface area contributed by atoms with Gasteiger partial charge in [-0.1, -0.05) is 23.9 Å². The highest BCUT2D eigenvalue weighted by molar-refractivity contribution is 7.99. The number of hydrogen-bond donors (Lipinski definition) is 0. The van der Waals surface area contributed by atoms with Crippen molar-refractivity contribution in [2.45, 2.75) is 11.6 Å². The second kappa shape index (κ2) is 6.24. The first-order valence-electron chi connectivity index (χ1n) is 5.45. The summed E-state index contributed by atoms with van der Waals surface area (Å²) < 4.78 is 10.4. The number of ether oxygens (including phenoxy) is 1. The van der Waals surface area contributed by atoms with Crippen LogP contribution >= 0.6 is 11.8 Å². The van der Waals surface area contributed by atoms with Gasteiger partial charge in [0.1, 0.15) is 5.75 Å². The van der Waals surface area contributed by atoms with E-state index in [1.54, 1.807) is 7.11 Å². The van der Waals surface area contributed by atoms with Gasteiger partial charge in [0.15, 0.2) is 0 Å². The predicted octanol–water partition coefficient (Wildman–Crippen LogP) is 0.511. The summed E-state index contributed by atoms with van der Waals surface area (Å²) in [7, 11) is 1.60. The minimum absolute atomic E-state index is 0.204. The lowest BCUT2D eigenvalue weighted by Crippen LogP contribution is -2.24. The minimum atomic E-state index is -1.17. The molecule has 0 N–H and O–H groups in total. The summed E-state index contributed by atoms with van der Waals surface area (Å²) in [5.41, 5.74) is 1.00. The second-order valence-corrected chi connectivity index (χ2v) is 4.57. The van der Waals surface area contributed by atoms with Gasteiger partial charge in [0.2, 0.25) is 5.89 Å². The zero-order valence-corrected chi connectivity index (χ0v) is 11.0. The van der Waals surface area contributed by atoms with Gasteiger partial charge in [-0.05, 0) is 17.7 Å². The number of methoxy groups -OCH3 is 1. The fourth-order valence-corrected chi connectivity index (χ4v) is 1.90. The third kappa shape index (κ3) is 3.99. The summed E-state index contributed by atoms with van der Waals surface area (Å²) in [6, 6.07) is 7.49. The Kier molecular flexibility index (Phi) is 4.40. The summed E-state index contributed by atoms with van der Waals surface area (Å²) in [6.45, 7) is 0. The minimum Gasteiger partial charge on any atom is -0.549 e. The van der Waals surface area contributed by atoms with Gasteiger partial charge in [-0.2, -0.15) is 0 Å². The number of hydrogen-bond acceptors (Lipinski definition) is 7. The molecule has 0 bridgehead atoms. The molecule has 0 saturated heterocycles. The maximum absolute atomic E-state index is 10.3. The van der Waals surface area contributed by atoms with Crippen molar-refractivity contribution in [2.24, 2.45) is 0 Å². The number of nitrogens with zero attached hydrogens (tertiary/aromatic N) is 2. The monoisotopic (exact) mass is 279 g/mol. The van der Waals surface area contributed by atoms with Gasteiger partial charge in [0, 0.05) is 5.75 Å². The molecule has 1 aromatic heterocycles. The standard InChI is InChI=1S/C12H12N2O4S/c1-17-9-4-2-8(3-5-9)6-10-13-14-12(18-10)19-7-11(15)16/h2-5H,6-7H2,1H3,(H,15,16)/p-1. The van der Waals surface area contributed by atoms with E-state index >= 15 is 0 Å². The Morgan fingerprint density at radius 3 is 2.74 bits per heavy atom. The SMILES string of the molecule is COc1ccc(Cc2nnc(SCC(=O)[O-])o2)cc1. The molecule has 0 radical (unpaired) electrons. The summed E-state index contributed by atoms with van der Waals surface area (Å²) >= 11 is 0.944. The molecule has 0 aliphatic rings. The Bertz CT molecular complexity index is 553. The summed E-state index contributed by atoms with van der Waals surface area (Å²) in [6.07, 6.45) is 0.489. The van der Waals surface area contributed by atoms with Gasteiger partial charge in [0.25, 0.3) is 5.22 Å². The number of thioether (sulfide) groups is 1. The van der Waals surface area contributed by atoms with E-state index in [1.165, 1.54) is 0 Å². The summed E-state index contributed by atoms with van der Waals surface area (Å²) in [5, 5.41) is 18.1. The van der Waals surface area contributed by atoms with Crippen LogP contribution in [0.2, 0.25) is 0 Å². The Labute approximate surface area is 113 Å². The van der Waals surface area contributed by atoms with Crippen molar-refractivity contribution in [2.75, 3.05) is 12.9 Å². The third-order valence-electron chi connectivity index (χ3n) is 2.28. The van der Waals surface area contributed by atoms with E-state index < -0.39 is 5.97 Å². The van der Waals surface area contributed by atoms with Crippen molar-refractivity contribution in [3.8, 4) is 5.75 Å². The van der Waals surface area contributed by atoms with E-state index in [4.69, 9.17) is 9.15 Å². The summed E-state index contributed by atoms with van der Waals surface area (Å²) in [4.78, 5) is 10.3. The van der Waals surface area contributed by atoms with Crippen LogP contribution in [0.1, 0.15) is 11.5 Å². The van der Waals surface area contributed by atoms with Crippen LogP contribution in [0.3, 0.4) is 0 Å². The molecule has 19 heavy (non-hydrogen) atoms. The van der Waals surface area contributed by atoms with Crippen molar-refractivity contribution in [3.63, 3.8) is 0 Å². The topological polar surface area (TPSA) is 88.3 Å². The molecule has 1 aromatic carbocycles. The lowest BCUT2D eigenvalue weighted by molar-refractivity contribution is -0.301. The lowest BCUT2D eigenvalue weighted by atomic mass is 10.1. The molecule has 6 nitrogen and oxygen atoms in total. The molecule has 0 amide bonds. The molecule has 2 rings (SSSR count). The average molecular weight is 279 g/mol. The molecule has 0 atom stereocenters. The first-order valence-corrected chi connectivity index (χ1v) is 6.44. The van der Waals surface area contributed by atoms with E-state index in [0.717, 1.165) is 23.1 Å². The third-order valence-corrected chi connectivity index (χ3v) is 3.07. The van der Waals surface area contributed by atoms with Crippen LogP contribution in [0.25, 0.3) is 0 Å². The number of aliphatic carboxylic acids is 1. The zero-order valence-electron chi connectivity index (χ0n) is 10.2. The number of aromatic nitrogens is 2. The van der Waals surface area contributed by atoms with Gasteiger partial charge in [-0.25, -0.2) is 0 Å². The quantitative estimate of drug-likeness (QED) is 0.712. The number of carbonyl (C=O) groups excluding carboxylic acids is 1. The van der Waals surface area contributed by atoms with Gasteiger partial charge in [0.05, 0.1) is 19.5 Å². The average Bonchev–Trinajstić information content (AvgIpc) is 2.85. The van der Waals surface area contributed by atoms with Crippen LogP contribution in [-0.4, -0.2) is 29.0 Å². The van der Waals surface area contributed by atoms with E-state index in [9.17, 15) is 9.90 Å². The van der Waals surface area contributed by atoms with E-state index in [2.05, 4.69) is 10.2 Å². The first kappa shape index (κ1) is 13.4. The maximum atomic E-state index is 10.3. The van der Waals surface area contributed by atoms with Crippen molar-refractivity contribution in [1.29, 1.82) is 0 Å². The molecule has 7 heteroatoms. The molecular formula is C12H11N2O4S-. The highest BCUT2D eigenvalue weighted by Gasteiger charge is 2.07. The van der Waals surface area contributed by atoms with Gasteiger partial charge < -0.3 is 19.1 Å². The number of carboxylic acid groups (broad SMARTS) is 1. The highest BCUT2D eigenvalue weighted by Crippen LogP contribution is 2.18. The molecule has 0 fully saturated rings. The number of carbonyl (C=O) groups is 1. The van der Waals surface area contributed by atoms with Crippen LogP contribution < -0.4 is 9.84 Å². The molecule has 0 aliphatic heterocycles. The van der Waals surface area contributed by atoms with Gasteiger partial charge in [-0.15, -0.1) is 10.2 Å². The van der Waals surface area contributed by atoms with Gasteiger partial charge in [-0.3, -0.25) is 0 Å². The highest BCUT2D eigenvalue weighted by atomic mass is 32.2. The van der Waals surface area contributed by atoms with Crippen LogP contribution in [0.5, 0.6) is 5.75 Å². The zero-order chi connectivity index (χ0) is 13.7. The van der Waals surface area contributed by atoms with Crippen molar-refractivity contribution < 1.29 is 19.1 Å². The van der Waals surface area contributed by atoms with E-state index in [-0.39, 0.29) is 11.0 Å². The van der Waals surface area contributed by atoms with Crippen molar-refractivity contribution >= 4 is 17.7 Å². The molecule has 0 aliphatic carbocycles. The van der Waals surface area contributed by atoms with Crippen molar-refractivity contribution in [1.82, 2.24) is 10.2 Å².